The second-order valence-electron chi connectivity index (χ2n) is 4.22. The third-order valence-electron chi connectivity index (χ3n) is 2.83. The molecule has 1 aliphatic carbocycles. The lowest BCUT2D eigenvalue weighted by molar-refractivity contribution is -0.109. The van der Waals surface area contributed by atoms with Gasteiger partial charge < -0.3 is 4.79 Å². The molecule has 0 radical (unpaired) electrons. The van der Waals surface area contributed by atoms with Crippen molar-refractivity contribution in [2.45, 2.75) is 46.0 Å². The summed E-state index contributed by atoms with van der Waals surface area (Å²) < 4.78 is 0. The molecule has 0 amide bonds. The van der Waals surface area contributed by atoms with Crippen LogP contribution in [-0.2, 0) is 4.79 Å². The largest absolute Gasteiger partial charge is 0.303 e. The predicted octanol–water partition coefficient (Wildman–Crippen LogP) is 3.35. The number of aldehydes is 1. The summed E-state index contributed by atoms with van der Waals surface area (Å²) in [5.41, 5.74) is 1.51. The van der Waals surface area contributed by atoms with Gasteiger partial charge in [0.05, 0.1) is 0 Å². The molecule has 0 spiro atoms. The maximum atomic E-state index is 10.5. The van der Waals surface area contributed by atoms with Gasteiger partial charge in [-0.15, -0.1) is 0 Å². The summed E-state index contributed by atoms with van der Waals surface area (Å²) in [6, 6.07) is 0. The first-order valence-corrected chi connectivity index (χ1v) is 5.41. The van der Waals surface area contributed by atoms with E-state index < -0.39 is 0 Å². The van der Waals surface area contributed by atoms with Gasteiger partial charge in [0.2, 0.25) is 0 Å². The van der Waals surface area contributed by atoms with Gasteiger partial charge in [0.15, 0.2) is 0 Å². The summed E-state index contributed by atoms with van der Waals surface area (Å²) >= 11 is 0. The molecule has 0 aliphatic heterocycles. The Hall–Kier alpha value is -0.590. The van der Waals surface area contributed by atoms with E-state index >= 15 is 0 Å². The average Bonchev–Trinajstić information content (AvgIpc) is 2.53. The van der Waals surface area contributed by atoms with Gasteiger partial charge in [-0.1, -0.05) is 38.3 Å². The summed E-state index contributed by atoms with van der Waals surface area (Å²) in [6.07, 6.45) is 9.64. The predicted molar refractivity (Wildman–Crippen MR) is 55.6 cm³/mol. The molecule has 1 nitrogen and oxygen atoms in total. The quantitative estimate of drug-likeness (QED) is 0.479. The maximum Gasteiger partial charge on any atom is 0.126 e. The number of allylic oxidation sites excluding steroid dienone is 2. The molecule has 0 N–H and O–H groups in total. The van der Waals surface area contributed by atoms with Gasteiger partial charge in [0.25, 0.3) is 0 Å². The third kappa shape index (κ3) is 3.33. The summed E-state index contributed by atoms with van der Waals surface area (Å²) in [7, 11) is 0. The monoisotopic (exact) mass is 180 g/mol. The Bertz CT molecular complexity index is 193. The van der Waals surface area contributed by atoms with Gasteiger partial charge in [-0.2, -0.15) is 0 Å². The highest BCUT2D eigenvalue weighted by Crippen LogP contribution is 2.33. The summed E-state index contributed by atoms with van der Waals surface area (Å²) in [5.74, 6) is 1.02. The van der Waals surface area contributed by atoms with Gasteiger partial charge in [-0.3, -0.25) is 0 Å². The molecule has 13 heavy (non-hydrogen) atoms. The van der Waals surface area contributed by atoms with Crippen molar-refractivity contribution in [3.05, 3.63) is 11.6 Å². The molecule has 0 aromatic carbocycles. The fourth-order valence-electron chi connectivity index (χ4n) is 2.18. The van der Waals surface area contributed by atoms with Crippen molar-refractivity contribution in [2.24, 2.45) is 11.8 Å². The van der Waals surface area contributed by atoms with E-state index in [1.54, 1.807) is 0 Å². The van der Waals surface area contributed by atoms with Crippen molar-refractivity contribution in [1.82, 2.24) is 0 Å². The van der Waals surface area contributed by atoms with Crippen LogP contribution in [0.1, 0.15) is 46.0 Å². The Kier molecular flexibility index (Phi) is 4.20. The average molecular weight is 180 g/mol. The summed E-state index contributed by atoms with van der Waals surface area (Å²) in [4.78, 5) is 10.5. The molecule has 1 fully saturated rings. The molecule has 0 heterocycles. The molecule has 74 valence electrons. The summed E-state index contributed by atoms with van der Waals surface area (Å²) in [6.45, 7) is 4.21. The second kappa shape index (κ2) is 5.21. The molecule has 2 unspecified atom stereocenters. The zero-order valence-corrected chi connectivity index (χ0v) is 8.75. The fraction of sp³-hybridized carbons (Fsp3) is 0.750. The highest BCUT2D eigenvalue weighted by Gasteiger charge is 2.18. The molecule has 1 aliphatic rings. The Balaban J connectivity index is 2.39. The van der Waals surface area contributed by atoms with E-state index in [1.165, 1.54) is 37.7 Å². The van der Waals surface area contributed by atoms with E-state index in [4.69, 9.17) is 0 Å². The first kappa shape index (κ1) is 10.5. The lowest BCUT2D eigenvalue weighted by atomic mass is 10.0. The van der Waals surface area contributed by atoms with Crippen molar-refractivity contribution < 1.29 is 4.79 Å². The molecule has 1 rings (SSSR count). The van der Waals surface area contributed by atoms with Gasteiger partial charge in [0, 0.05) is 5.92 Å². The number of hydrogen-bond donors (Lipinski definition) is 0. The van der Waals surface area contributed by atoms with Gasteiger partial charge >= 0.3 is 0 Å². The molecule has 0 aromatic rings. The molecule has 2 atom stereocenters. The minimum absolute atomic E-state index is 0.121. The van der Waals surface area contributed by atoms with E-state index in [-0.39, 0.29) is 5.92 Å². The Morgan fingerprint density at radius 3 is 3.00 bits per heavy atom. The van der Waals surface area contributed by atoms with Crippen LogP contribution in [0.3, 0.4) is 0 Å². The highest BCUT2D eigenvalue weighted by molar-refractivity contribution is 5.56. The molecular formula is C12H20O. The molecule has 0 bridgehead atoms. The fourth-order valence-corrected chi connectivity index (χ4v) is 2.18. The smallest absolute Gasteiger partial charge is 0.126 e. The highest BCUT2D eigenvalue weighted by atomic mass is 16.1. The van der Waals surface area contributed by atoms with E-state index in [1.807, 2.05) is 6.92 Å². The first-order valence-electron chi connectivity index (χ1n) is 5.41. The zero-order valence-electron chi connectivity index (χ0n) is 8.75. The number of carbonyl (C=O) groups is 1. The Labute approximate surface area is 81.2 Å². The first-order chi connectivity index (χ1) is 6.26. The van der Waals surface area contributed by atoms with Crippen LogP contribution in [0.2, 0.25) is 0 Å². The lowest BCUT2D eigenvalue weighted by Gasteiger charge is -2.04. The van der Waals surface area contributed by atoms with Crippen LogP contribution in [0, 0.1) is 11.8 Å². The third-order valence-corrected chi connectivity index (χ3v) is 2.83. The standard InChI is InChI=1S/C12H20O/c1-3-4-11-5-6-12(8-11)7-10(2)9-13/h7,9-11H,3-6,8H2,1-2H3/b12-7+. The van der Waals surface area contributed by atoms with Crippen molar-refractivity contribution in [2.75, 3.05) is 0 Å². The Morgan fingerprint density at radius 2 is 2.38 bits per heavy atom. The van der Waals surface area contributed by atoms with Gasteiger partial charge in [-0.25, -0.2) is 0 Å². The van der Waals surface area contributed by atoms with E-state index in [9.17, 15) is 4.79 Å². The molecule has 0 aromatic heterocycles. The maximum absolute atomic E-state index is 10.5. The van der Waals surface area contributed by atoms with Crippen molar-refractivity contribution in [3.63, 3.8) is 0 Å². The normalized spacial score (nSPS) is 27.8. The van der Waals surface area contributed by atoms with Crippen LogP contribution in [0.5, 0.6) is 0 Å². The van der Waals surface area contributed by atoms with Crippen LogP contribution in [-0.4, -0.2) is 6.29 Å². The van der Waals surface area contributed by atoms with Crippen LogP contribution < -0.4 is 0 Å². The zero-order chi connectivity index (χ0) is 9.68. The lowest BCUT2D eigenvalue weighted by Crippen LogP contribution is -1.93. The molecular weight excluding hydrogens is 160 g/mol. The van der Waals surface area contributed by atoms with E-state index in [2.05, 4.69) is 13.0 Å². The van der Waals surface area contributed by atoms with Gasteiger partial charge in [0.1, 0.15) is 6.29 Å². The molecule has 1 heteroatoms. The van der Waals surface area contributed by atoms with Crippen LogP contribution >= 0.6 is 0 Å². The number of hydrogen-bond acceptors (Lipinski definition) is 1. The SMILES string of the molecule is CCCC1CC/C(=C\C(C)C=O)C1. The van der Waals surface area contributed by atoms with Crippen LogP contribution in [0.15, 0.2) is 11.6 Å². The van der Waals surface area contributed by atoms with Crippen molar-refractivity contribution in [1.29, 1.82) is 0 Å². The minimum Gasteiger partial charge on any atom is -0.303 e. The van der Waals surface area contributed by atoms with E-state index in [0.717, 1.165) is 12.2 Å². The van der Waals surface area contributed by atoms with Crippen LogP contribution in [0.25, 0.3) is 0 Å². The van der Waals surface area contributed by atoms with Gasteiger partial charge in [-0.05, 0) is 25.2 Å². The van der Waals surface area contributed by atoms with Crippen LogP contribution in [0.4, 0.5) is 0 Å². The van der Waals surface area contributed by atoms with E-state index in [0.29, 0.717) is 0 Å². The van der Waals surface area contributed by atoms with Crippen molar-refractivity contribution >= 4 is 6.29 Å². The molecule has 1 saturated carbocycles. The Morgan fingerprint density at radius 1 is 1.62 bits per heavy atom. The van der Waals surface area contributed by atoms with Crippen molar-refractivity contribution in [3.8, 4) is 0 Å². The number of rotatable bonds is 4. The topological polar surface area (TPSA) is 17.1 Å². The number of carbonyl (C=O) groups excluding carboxylic acids is 1. The second-order valence-corrected chi connectivity index (χ2v) is 4.22. The minimum atomic E-state index is 0.121. The summed E-state index contributed by atoms with van der Waals surface area (Å²) in [5, 5.41) is 0. The molecule has 0 saturated heterocycles.